The third-order valence-corrected chi connectivity index (χ3v) is 4.58. The van der Waals surface area contributed by atoms with E-state index in [1.165, 1.54) is 51.4 Å². The van der Waals surface area contributed by atoms with E-state index < -0.39 is 12.1 Å². The Balaban J connectivity index is 3.46. The van der Waals surface area contributed by atoms with Gasteiger partial charge in [0.15, 0.2) is 0 Å². The molecule has 4 nitrogen and oxygen atoms in total. The number of carboxylic acid groups (broad SMARTS) is 1. The number of ether oxygens (including phenoxy) is 1. The molecular weight excluding hydrogens is 316 g/mol. The average molecular weight is 355 g/mol. The van der Waals surface area contributed by atoms with Crippen molar-refractivity contribution < 1.29 is 19.4 Å². The number of hydrogen-bond donors (Lipinski definition) is 1. The molecule has 0 aliphatic carbocycles. The molecule has 0 bridgehead atoms. The molecule has 1 N–H and O–H groups in total. The van der Waals surface area contributed by atoms with Gasteiger partial charge in [0.25, 0.3) is 0 Å². The highest BCUT2D eigenvalue weighted by molar-refractivity contribution is 5.82. The zero-order chi connectivity index (χ0) is 18.8. The molecule has 0 radical (unpaired) electrons. The van der Waals surface area contributed by atoms with Crippen molar-refractivity contribution in [2.24, 2.45) is 5.92 Å². The summed E-state index contributed by atoms with van der Waals surface area (Å²) in [6.45, 7) is 4.14. The minimum absolute atomic E-state index is 0.284. The molecule has 0 aromatic heterocycles. The smallest absolute Gasteiger partial charge is 0.449 e. The highest BCUT2D eigenvalue weighted by atomic mass is 16.7. The van der Waals surface area contributed by atoms with Crippen LogP contribution in [0.3, 0.4) is 0 Å². The standard InChI is InChI=1S/C21H38O4/c1-3-5-6-7-8-9-10-11-12-13-14-15-16-17-18-19(4-2)20(22)25-21(23)24/h11-12,19H,3-10,13-18H2,1-2H3,(H,23,24). The van der Waals surface area contributed by atoms with Gasteiger partial charge in [0.2, 0.25) is 0 Å². The topological polar surface area (TPSA) is 63.6 Å². The summed E-state index contributed by atoms with van der Waals surface area (Å²) in [6, 6.07) is 0. The lowest BCUT2D eigenvalue weighted by Crippen LogP contribution is -2.19. The van der Waals surface area contributed by atoms with Crippen molar-refractivity contribution in [2.75, 3.05) is 0 Å². The summed E-state index contributed by atoms with van der Waals surface area (Å²) in [5.74, 6) is -0.888. The van der Waals surface area contributed by atoms with Gasteiger partial charge in [-0.05, 0) is 38.5 Å². The SMILES string of the molecule is CCCCCCCCC=CCCCCCCC(CC)C(=O)OC(=O)O. The molecule has 0 amide bonds. The van der Waals surface area contributed by atoms with Crippen LogP contribution in [0.4, 0.5) is 4.79 Å². The lowest BCUT2D eigenvalue weighted by molar-refractivity contribution is -0.144. The molecule has 0 aliphatic heterocycles. The van der Waals surface area contributed by atoms with Crippen LogP contribution in [0.2, 0.25) is 0 Å². The molecule has 1 unspecified atom stereocenters. The van der Waals surface area contributed by atoms with Crippen LogP contribution in [-0.2, 0) is 9.53 Å². The molecule has 0 spiro atoms. The Kier molecular flexibility index (Phi) is 16.6. The first-order chi connectivity index (χ1) is 12.1. The summed E-state index contributed by atoms with van der Waals surface area (Å²) in [4.78, 5) is 21.9. The molecule has 0 fully saturated rings. The van der Waals surface area contributed by atoms with Crippen molar-refractivity contribution >= 4 is 12.1 Å². The molecule has 0 aromatic rings. The molecule has 0 aromatic carbocycles. The molecule has 25 heavy (non-hydrogen) atoms. The van der Waals surface area contributed by atoms with E-state index in [0.717, 1.165) is 32.1 Å². The van der Waals surface area contributed by atoms with Gasteiger partial charge in [-0.2, -0.15) is 0 Å². The molecule has 0 saturated heterocycles. The van der Waals surface area contributed by atoms with Crippen molar-refractivity contribution in [3.63, 3.8) is 0 Å². The number of hydrogen-bond acceptors (Lipinski definition) is 3. The van der Waals surface area contributed by atoms with E-state index in [1.54, 1.807) is 0 Å². The van der Waals surface area contributed by atoms with Gasteiger partial charge in [0, 0.05) is 0 Å². The quantitative estimate of drug-likeness (QED) is 0.142. The maximum atomic E-state index is 11.5. The Bertz CT molecular complexity index is 363. The molecule has 0 rings (SSSR count). The minimum Gasteiger partial charge on any atom is -0.449 e. The largest absolute Gasteiger partial charge is 0.513 e. The second-order valence-corrected chi connectivity index (χ2v) is 6.81. The Morgan fingerprint density at radius 1 is 0.840 bits per heavy atom. The molecule has 0 saturated carbocycles. The number of rotatable bonds is 16. The van der Waals surface area contributed by atoms with Crippen LogP contribution in [0.25, 0.3) is 0 Å². The van der Waals surface area contributed by atoms with Gasteiger partial charge in [-0.1, -0.05) is 77.4 Å². The summed E-state index contributed by atoms with van der Waals surface area (Å²) in [7, 11) is 0. The van der Waals surface area contributed by atoms with Crippen molar-refractivity contribution in [3.05, 3.63) is 12.2 Å². The third-order valence-electron chi connectivity index (χ3n) is 4.58. The first-order valence-electron chi connectivity index (χ1n) is 10.2. The van der Waals surface area contributed by atoms with Gasteiger partial charge >= 0.3 is 12.1 Å². The molecule has 0 heterocycles. The lowest BCUT2D eigenvalue weighted by atomic mass is 9.98. The zero-order valence-corrected chi connectivity index (χ0v) is 16.3. The van der Waals surface area contributed by atoms with E-state index in [9.17, 15) is 9.59 Å². The maximum absolute atomic E-state index is 11.5. The van der Waals surface area contributed by atoms with Crippen LogP contribution < -0.4 is 0 Å². The van der Waals surface area contributed by atoms with Gasteiger partial charge in [0.1, 0.15) is 0 Å². The second kappa shape index (κ2) is 17.5. The summed E-state index contributed by atoms with van der Waals surface area (Å²) in [5.41, 5.74) is 0. The van der Waals surface area contributed by atoms with E-state index >= 15 is 0 Å². The Morgan fingerprint density at radius 3 is 1.88 bits per heavy atom. The zero-order valence-electron chi connectivity index (χ0n) is 16.3. The van der Waals surface area contributed by atoms with E-state index in [-0.39, 0.29) is 5.92 Å². The fourth-order valence-corrected chi connectivity index (χ4v) is 2.94. The van der Waals surface area contributed by atoms with E-state index in [4.69, 9.17) is 5.11 Å². The summed E-state index contributed by atoms with van der Waals surface area (Å²) in [6.07, 6.45) is 19.3. The van der Waals surface area contributed by atoms with E-state index in [2.05, 4.69) is 23.8 Å². The normalized spacial score (nSPS) is 12.4. The van der Waals surface area contributed by atoms with Crippen LogP contribution in [0.5, 0.6) is 0 Å². The Morgan fingerprint density at radius 2 is 1.36 bits per heavy atom. The summed E-state index contributed by atoms with van der Waals surface area (Å²) < 4.78 is 4.24. The Hall–Kier alpha value is -1.32. The highest BCUT2D eigenvalue weighted by Gasteiger charge is 2.20. The second-order valence-electron chi connectivity index (χ2n) is 6.81. The number of unbranched alkanes of at least 4 members (excludes halogenated alkanes) is 10. The lowest BCUT2D eigenvalue weighted by Gasteiger charge is -2.11. The predicted octanol–water partition coefficient (Wildman–Crippen LogP) is 6.88. The van der Waals surface area contributed by atoms with Crippen molar-refractivity contribution in [3.8, 4) is 0 Å². The average Bonchev–Trinajstić information content (AvgIpc) is 2.57. The predicted molar refractivity (Wildman–Crippen MR) is 103 cm³/mol. The van der Waals surface area contributed by atoms with E-state index in [0.29, 0.717) is 6.42 Å². The molecule has 4 heteroatoms. The molecule has 1 atom stereocenters. The fraction of sp³-hybridized carbons (Fsp3) is 0.810. The summed E-state index contributed by atoms with van der Waals surface area (Å²) in [5, 5.41) is 8.47. The van der Waals surface area contributed by atoms with Crippen LogP contribution in [0.15, 0.2) is 12.2 Å². The molecule has 146 valence electrons. The van der Waals surface area contributed by atoms with Gasteiger partial charge in [-0.15, -0.1) is 0 Å². The van der Waals surface area contributed by atoms with Crippen molar-refractivity contribution in [2.45, 2.75) is 104 Å². The first-order valence-corrected chi connectivity index (χ1v) is 10.2. The van der Waals surface area contributed by atoms with Crippen LogP contribution in [-0.4, -0.2) is 17.2 Å². The molecule has 0 aliphatic rings. The number of carbonyl (C=O) groups is 2. The van der Waals surface area contributed by atoms with Gasteiger partial charge in [-0.25, -0.2) is 4.79 Å². The van der Waals surface area contributed by atoms with Crippen LogP contribution in [0.1, 0.15) is 104 Å². The number of allylic oxidation sites excluding steroid dienone is 2. The first kappa shape index (κ1) is 23.7. The number of esters is 1. The summed E-state index contributed by atoms with van der Waals surface area (Å²) >= 11 is 0. The van der Waals surface area contributed by atoms with Crippen LogP contribution in [0, 0.1) is 5.92 Å². The van der Waals surface area contributed by atoms with Gasteiger partial charge in [0.05, 0.1) is 5.92 Å². The number of carbonyl (C=O) groups excluding carboxylic acids is 1. The monoisotopic (exact) mass is 354 g/mol. The highest BCUT2D eigenvalue weighted by Crippen LogP contribution is 2.16. The van der Waals surface area contributed by atoms with Crippen LogP contribution >= 0.6 is 0 Å². The minimum atomic E-state index is -1.50. The third kappa shape index (κ3) is 15.9. The van der Waals surface area contributed by atoms with E-state index in [1.807, 2.05) is 6.92 Å². The fourth-order valence-electron chi connectivity index (χ4n) is 2.94. The van der Waals surface area contributed by atoms with Crippen molar-refractivity contribution in [1.29, 1.82) is 0 Å². The maximum Gasteiger partial charge on any atom is 0.513 e. The molecular formula is C21H38O4. The van der Waals surface area contributed by atoms with Gasteiger partial charge in [-0.3, -0.25) is 4.79 Å². The van der Waals surface area contributed by atoms with Gasteiger partial charge < -0.3 is 9.84 Å². The Labute approximate surface area is 154 Å². The van der Waals surface area contributed by atoms with Crippen molar-refractivity contribution in [1.82, 2.24) is 0 Å².